The van der Waals surface area contributed by atoms with Crippen LogP contribution >= 0.6 is 0 Å². The maximum atomic E-state index is 12.2. The van der Waals surface area contributed by atoms with E-state index in [1.165, 1.54) is 31.4 Å². The van der Waals surface area contributed by atoms with Gasteiger partial charge in [0.1, 0.15) is 5.75 Å². The maximum absolute atomic E-state index is 12.2. The molecule has 0 atom stereocenters. The van der Waals surface area contributed by atoms with Gasteiger partial charge in [0, 0.05) is 11.8 Å². The normalized spacial score (nSPS) is 10.7. The minimum atomic E-state index is -3.69. The van der Waals surface area contributed by atoms with Gasteiger partial charge in [0.2, 0.25) is 6.41 Å². The number of rotatable bonds is 6. The molecule has 6 nitrogen and oxygen atoms in total. The van der Waals surface area contributed by atoms with E-state index in [9.17, 15) is 13.2 Å². The molecule has 0 saturated heterocycles. The lowest BCUT2D eigenvalue weighted by molar-refractivity contribution is -0.105. The molecule has 21 heavy (non-hydrogen) atoms. The van der Waals surface area contributed by atoms with Crippen molar-refractivity contribution in [2.45, 2.75) is 4.90 Å². The topological polar surface area (TPSA) is 84.5 Å². The Labute approximate surface area is 122 Å². The molecule has 0 bridgehead atoms. The van der Waals surface area contributed by atoms with Gasteiger partial charge < -0.3 is 10.1 Å². The number of hydrogen-bond donors (Lipinski definition) is 2. The van der Waals surface area contributed by atoms with Crippen LogP contribution in [0.3, 0.4) is 0 Å². The second-order valence-electron chi connectivity index (χ2n) is 4.12. The molecule has 0 aliphatic carbocycles. The van der Waals surface area contributed by atoms with Crippen molar-refractivity contribution in [1.82, 2.24) is 0 Å². The summed E-state index contributed by atoms with van der Waals surface area (Å²) in [6.07, 6.45) is 0.526. The second kappa shape index (κ2) is 6.27. The Bertz CT molecular complexity index is 727. The third-order valence-electron chi connectivity index (χ3n) is 2.71. The molecule has 0 heterocycles. The monoisotopic (exact) mass is 306 g/mol. The number of carbonyl (C=O) groups excluding carboxylic acids is 1. The summed E-state index contributed by atoms with van der Waals surface area (Å²) in [7, 11) is -2.19. The Morgan fingerprint density at radius 2 is 1.76 bits per heavy atom. The van der Waals surface area contributed by atoms with Gasteiger partial charge in [-0.2, -0.15) is 0 Å². The Kier molecular flexibility index (Phi) is 4.44. The first-order chi connectivity index (χ1) is 10.0. The summed E-state index contributed by atoms with van der Waals surface area (Å²) in [5.74, 6) is 0.556. The summed E-state index contributed by atoms with van der Waals surface area (Å²) in [4.78, 5) is 10.4. The van der Waals surface area contributed by atoms with Crippen molar-refractivity contribution < 1.29 is 17.9 Å². The first-order valence-electron chi connectivity index (χ1n) is 6.02. The van der Waals surface area contributed by atoms with Crippen LogP contribution in [0.1, 0.15) is 0 Å². The van der Waals surface area contributed by atoms with Gasteiger partial charge in [0.15, 0.2) is 0 Å². The number of sulfonamides is 1. The van der Waals surface area contributed by atoms with Crippen molar-refractivity contribution in [1.29, 1.82) is 0 Å². The van der Waals surface area contributed by atoms with Gasteiger partial charge >= 0.3 is 0 Å². The number of ether oxygens (including phenoxy) is 1. The van der Waals surface area contributed by atoms with E-state index in [1.54, 1.807) is 24.3 Å². The van der Waals surface area contributed by atoms with Crippen molar-refractivity contribution in [3.05, 3.63) is 48.5 Å². The van der Waals surface area contributed by atoms with E-state index >= 15 is 0 Å². The largest absolute Gasteiger partial charge is 0.497 e. The van der Waals surface area contributed by atoms with Crippen LogP contribution in [-0.2, 0) is 14.8 Å². The molecule has 0 aliphatic heterocycles. The third kappa shape index (κ3) is 3.73. The zero-order chi connectivity index (χ0) is 15.3. The molecule has 0 aromatic heterocycles. The van der Waals surface area contributed by atoms with Gasteiger partial charge in [0.05, 0.1) is 17.7 Å². The van der Waals surface area contributed by atoms with Crippen molar-refractivity contribution in [2.24, 2.45) is 0 Å². The predicted octanol–water partition coefficient (Wildman–Crippen LogP) is 2.06. The summed E-state index contributed by atoms with van der Waals surface area (Å²) in [5.41, 5.74) is 0.926. The fraction of sp³-hybridized carbons (Fsp3) is 0.0714. The van der Waals surface area contributed by atoms with E-state index in [4.69, 9.17) is 4.74 Å². The summed E-state index contributed by atoms with van der Waals surface area (Å²) in [5, 5.41) is 2.44. The predicted molar refractivity (Wildman–Crippen MR) is 79.9 cm³/mol. The molecule has 0 fully saturated rings. The molecule has 0 saturated carbocycles. The number of anilines is 2. The van der Waals surface area contributed by atoms with Crippen molar-refractivity contribution in [3.63, 3.8) is 0 Å². The molecule has 2 aromatic carbocycles. The highest BCUT2D eigenvalue weighted by Gasteiger charge is 2.14. The third-order valence-corrected chi connectivity index (χ3v) is 4.11. The summed E-state index contributed by atoms with van der Waals surface area (Å²) >= 11 is 0. The smallest absolute Gasteiger partial charge is 0.261 e. The first-order valence-corrected chi connectivity index (χ1v) is 7.50. The molecular formula is C14H14N2O4S. The molecule has 1 amide bonds. The van der Waals surface area contributed by atoms with Crippen LogP contribution in [0.5, 0.6) is 5.75 Å². The number of hydrogen-bond acceptors (Lipinski definition) is 4. The molecule has 0 unspecified atom stereocenters. The summed E-state index contributed by atoms with van der Waals surface area (Å²) < 4.78 is 32.0. The van der Waals surface area contributed by atoms with Gasteiger partial charge in [-0.1, -0.05) is 6.07 Å². The van der Waals surface area contributed by atoms with E-state index < -0.39 is 10.0 Å². The molecule has 110 valence electrons. The van der Waals surface area contributed by atoms with E-state index in [1.807, 2.05) is 0 Å². The Hall–Kier alpha value is -2.54. The number of nitrogens with one attached hydrogen (secondary N) is 2. The number of methoxy groups -OCH3 is 1. The van der Waals surface area contributed by atoms with E-state index in [0.717, 1.165) is 0 Å². The average molecular weight is 306 g/mol. The van der Waals surface area contributed by atoms with Crippen LogP contribution in [0, 0.1) is 0 Å². The van der Waals surface area contributed by atoms with Crippen LogP contribution in [0.4, 0.5) is 11.4 Å². The molecule has 0 aliphatic rings. The van der Waals surface area contributed by atoms with E-state index in [2.05, 4.69) is 10.0 Å². The molecule has 2 rings (SSSR count). The van der Waals surface area contributed by atoms with E-state index in [-0.39, 0.29) is 4.90 Å². The fourth-order valence-corrected chi connectivity index (χ4v) is 2.75. The standard InChI is InChI=1S/C14H14N2O4S/c1-20-13-4-2-3-12(9-13)16-21(18,19)14-7-5-11(6-8-14)15-10-17/h2-10,16H,1H3,(H,15,17). The number of benzene rings is 2. The Morgan fingerprint density at radius 3 is 2.38 bits per heavy atom. The summed E-state index contributed by atoms with van der Waals surface area (Å²) in [6.45, 7) is 0. The van der Waals surface area contributed by atoms with Crippen LogP contribution in [0.25, 0.3) is 0 Å². The van der Waals surface area contributed by atoms with Crippen molar-refractivity contribution in [2.75, 3.05) is 17.1 Å². The molecule has 0 radical (unpaired) electrons. The van der Waals surface area contributed by atoms with Gasteiger partial charge in [-0.3, -0.25) is 9.52 Å². The van der Waals surface area contributed by atoms with Crippen LogP contribution in [-0.4, -0.2) is 21.9 Å². The highest BCUT2D eigenvalue weighted by atomic mass is 32.2. The summed E-state index contributed by atoms with van der Waals surface area (Å²) in [6, 6.07) is 12.5. The number of amides is 1. The molecule has 0 spiro atoms. The molecule has 2 N–H and O–H groups in total. The Morgan fingerprint density at radius 1 is 1.05 bits per heavy atom. The van der Waals surface area contributed by atoms with Gasteiger partial charge in [-0.05, 0) is 36.4 Å². The molecular weight excluding hydrogens is 292 g/mol. The van der Waals surface area contributed by atoms with Crippen LogP contribution < -0.4 is 14.8 Å². The first kappa shape index (κ1) is 14.9. The van der Waals surface area contributed by atoms with Gasteiger partial charge in [0.25, 0.3) is 10.0 Å². The zero-order valence-corrected chi connectivity index (χ0v) is 12.1. The van der Waals surface area contributed by atoms with Crippen molar-refractivity contribution >= 4 is 27.8 Å². The number of carbonyl (C=O) groups is 1. The lowest BCUT2D eigenvalue weighted by Gasteiger charge is -2.09. The van der Waals surface area contributed by atoms with Gasteiger partial charge in [-0.25, -0.2) is 8.42 Å². The minimum Gasteiger partial charge on any atom is -0.497 e. The Balaban J connectivity index is 2.22. The SMILES string of the molecule is COc1cccc(NS(=O)(=O)c2ccc(NC=O)cc2)c1. The van der Waals surface area contributed by atoms with Gasteiger partial charge in [-0.15, -0.1) is 0 Å². The average Bonchev–Trinajstić information content (AvgIpc) is 2.48. The fourth-order valence-electron chi connectivity index (χ4n) is 1.70. The molecule has 2 aromatic rings. The quantitative estimate of drug-likeness (QED) is 0.800. The highest BCUT2D eigenvalue weighted by molar-refractivity contribution is 7.92. The minimum absolute atomic E-state index is 0.0989. The lowest BCUT2D eigenvalue weighted by atomic mass is 10.3. The maximum Gasteiger partial charge on any atom is 0.261 e. The van der Waals surface area contributed by atoms with Crippen LogP contribution in [0.2, 0.25) is 0 Å². The molecule has 7 heteroatoms. The lowest BCUT2D eigenvalue weighted by Crippen LogP contribution is -2.13. The van der Waals surface area contributed by atoms with Crippen LogP contribution in [0.15, 0.2) is 53.4 Å². The zero-order valence-electron chi connectivity index (χ0n) is 11.2. The van der Waals surface area contributed by atoms with E-state index in [0.29, 0.717) is 23.5 Å². The van der Waals surface area contributed by atoms with Crippen molar-refractivity contribution in [3.8, 4) is 5.75 Å². The second-order valence-corrected chi connectivity index (χ2v) is 5.81. The highest BCUT2D eigenvalue weighted by Crippen LogP contribution is 2.21.